The van der Waals surface area contributed by atoms with Crippen LogP contribution in [0.15, 0.2) is 18.3 Å². The molecular formula is C19H25N3OS. The van der Waals surface area contributed by atoms with Gasteiger partial charge < -0.3 is 9.47 Å². The Kier molecular flexibility index (Phi) is 4.21. The monoisotopic (exact) mass is 343 g/mol. The normalized spacial score (nSPS) is 21.2. The molecule has 0 spiro atoms. The van der Waals surface area contributed by atoms with E-state index in [1.807, 2.05) is 23.2 Å². The zero-order valence-corrected chi connectivity index (χ0v) is 15.3. The number of aryl methyl sites for hydroxylation is 2. The predicted molar refractivity (Wildman–Crippen MR) is 96.6 cm³/mol. The van der Waals surface area contributed by atoms with Crippen LogP contribution in [0.2, 0.25) is 0 Å². The summed E-state index contributed by atoms with van der Waals surface area (Å²) in [5.41, 5.74) is 1.26. The Morgan fingerprint density at radius 2 is 2.12 bits per heavy atom. The van der Waals surface area contributed by atoms with Gasteiger partial charge in [-0.05, 0) is 51.2 Å². The fourth-order valence-electron chi connectivity index (χ4n) is 3.84. The average Bonchev–Trinajstić information content (AvgIpc) is 3.22. The van der Waals surface area contributed by atoms with E-state index in [0.29, 0.717) is 11.8 Å². The second-order valence-corrected chi connectivity index (χ2v) is 8.60. The Bertz CT molecular complexity index is 744. The summed E-state index contributed by atoms with van der Waals surface area (Å²) in [7, 11) is 0. The first-order chi connectivity index (χ1) is 11.6. The SMILES string of the molecule is Cc1ccc(C(=O)N2CCC(Cn3c(C)cnc3C3CCC3)C2)s1. The summed E-state index contributed by atoms with van der Waals surface area (Å²) in [6, 6.07) is 4.00. The highest BCUT2D eigenvalue weighted by Gasteiger charge is 2.30. The highest BCUT2D eigenvalue weighted by atomic mass is 32.1. The number of carbonyl (C=O) groups is 1. The summed E-state index contributed by atoms with van der Waals surface area (Å²) in [4.78, 5) is 21.4. The molecule has 1 aliphatic carbocycles. The van der Waals surface area contributed by atoms with Crippen molar-refractivity contribution in [1.29, 1.82) is 0 Å². The van der Waals surface area contributed by atoms with Gasteiger partial charge in [0.1, 0.15) is 5.82 Å². The molecule has 4 rings (SSSR count). The molecule has 0 radical (unpaired) electrons. The summed E-state index contributed by atoms with van der Waals surface area (Å²) < 4.78 is 2.41. The van der Waals surface area contributed by atoms with Crippen LogP contribution < -0.4 is 0 Å². The molecule has 2 fully saturated rings. The molecule has 24 heavy (non-hydrogen) atoms. The van der Waals surface area contributed by atoms with Crippen LogP contribution in [0, 0.1) is 19.8 Å². The van der Waals surface area contributed by atoms with Gasteiger partial charge in [-0.15, -0.1) is 11.3 Å². The maximum atomic E-state index is 12.6. The third-order valence-electron chi connectivity index (χ3n) is 5.52. The first kappa shape index (κ1) is 15.9. The van der Waals surface area contributed by atoms with Gasteiger partial charge in [0.05, 0.1) is 4.88 Å². The molecule has 0 bridgehead atoms. The number of carbonyl (C=O) groups excluding carboxylic acids is 1. The molecule has 1 saturated heterocycles. The highest BCUT2D eigenvalue weighted by molar-refractivity contribution is 7.13. The molecule has 0 aromatic carbocycles. The lowest BCUT2D eigenvalue weighted by Gasteiger charge is -2.27. The van der Waals surface area contributed by atoms with E-state index >= 15 is 0 Å². The molecule has 0 N–H and O–H groups in total. The Labute approximate surface area is 147 Å². The Balaban J connectivity index is 1.42. The van der Waals surface area contributed by atoms with Crippen molar-refractivity contribution < 1.29 is 4.79 Å². The molecule has 1 aliphatic heterocycles. The molecule has 3 heterocycles. The molecule has 1 saturated carbocycles. The van der Waals surface area contributed by atoms with Crippen LogP contribution in [0.5, 0.6) is 0 Å². The van der Waals surface area contributed by atoms with E-state index in [1.54, 1.807) is 11.3 Å². The first-order valence-electron chi connectivity index (χ1n) is 8.99. The minimum atomic E-state index is 0.206. The van der Waals surface area contributed by atoms with E-state index in [-0.39, 0.29) is 5.91 Å². The maximum Gasteiger partial charge on any atom is 0.263 e. The van der Waals surface area contributed by atoms with E-state index in [0.717, 1.165) is 30.9 Å². The zero-order chi connectivity index (χ0) is 16.7. The van der Waals surface area contributed by atoms with Gasteiger partial charge in [0, 0.05) is 42.3 Å². The van der Waals surface area contributed by atoms with Gasteiger partial charge >= 0.3 is 0 Å². The van der Waals surface area contributed by atoms with Crippen molar-refractivity contribution >= 4 is 17.2 Å². The number of hydrogen-bond acceptors (Lipinski definition) is 3. The van der Waals surface area contributed by atoms with Crippen LogP contribution in [0.4, 0.5) is 0 Å². The van der Waals surface area contributed by atoms with Gasteiger partial charge in [-0.2, -0.15) is 0 Å². The van der Waals surface area contributed by atoms with Gasteiger partial charge in [-0.1, -0.05) is 6.42 Å². The standard InChI is InChI=1S/C19H25N3OS/c1-13-10-20-18(16-4-3-5-16)22(13)12-15-8-9-21(11-15)19(23)17-7-6-14(2)24-17/h6-7,10,15-16H,3-5,8-9,11-12H2,1-2H3. The number of aromatic nitrogens is 2. The number of rotatable bonds is 4. The summed E-state index contributed by atoms with van der Waals surface area (Å²) in [6.45, 7) is 6.97. The van der Waals surface area contributed by atoms with Gasteiger partial charge in [0.25, 0.3) is 5.91 Å². The summed E-state index contributed by atoms with van der Waals surface area (Å²) >= 11 is 1.60. The van der Waals surface area contributed by atoms with Crippen LogP contribution in [0.1, 0.15) is 57.7 Å². The van der Waals surface area contributed by atoms with E-state index in [9.17, 15) is 4.79 Å². The first-order valence-corrected chi connectivity index (χ1v) is 9.81. The van der Waals surface area contributed by atoms with E-state index in [2.05, 4.69) is 23.4 Å². The Hall–Kier alpha value is -1.62. The molecule has 1 unspecified atom stereocenters. The molecule has 5 heteroatoms. The van der Waals surface area contributed by atoms with Crippen LogP contribution in [0.3, 0.4) is 0 Å². The molecule has 2 aromatic rings. The second-order valence-electron chi connectivity index (χ2n) is 7.31. The topological polar surface area (TPSA) is 38.1 Å². The molecule has 4 nitrogen and oxygen atoms in total. The van der Waals surface area contributed by atoms with E-state index in [4.69, 9.17) is 0 Å². The smallest absolute Gasteiger partial charge is 0.263 e. The number of amides is 1. The fourth-order valence-corrected chi connectivity index (χ4v) is 4.67. The summed E-state index contributed by atoms with van der Waals surface area (Å²) in [5.74, 6) is 2.68. The molecule has 1 amide bonds. The van der Waals surface area contributed by atoms with Crippen molar-refractivity contribution in [3.8, 4) is 0 Å². The van der Waals surface area contributed by atoms with Gasteiger partial charge in [0.15, 0.2) is 0 Å². The summed E-state index contributed by atoms with van der Waals surface area (Å²) in [6.07, 6.45) is 7.01. The van der Waals surface area contributed by atoms with Crippen molar-refractivity contribution in [2.45, 2.75) is 52.0 Å². The largest absolute Gasteiger partial charge is 0.338 e. The van der Waals surface area contributed by atoms with Crippen molar-refractivity contribution in [2.75, 3.05) is 13.1 Å². The van der Waals surface area contributed by atoms with Crippen molar-refractivity contribution in [1.82, 2.24) is 14.5 Å². The van der Waals surface area contributed by atoms with Gasteiger partial charge in [-0.25, -0.2) is 4.98 Å². The van der Waals surface area contributed by atoms with Crippen LogP contribution in [0.25, 0.3) is 0 Å². The van der Waals surface area contributed by atoms with Crippen molar-refractivity contribution in [2.24, 2.45) is 5.92 Å². The number of likely N-dealkylation sites (tertiary alicyclic amines) is 1. The highest BCUT2D eigenvalue weighted by Crippen LogP contribution is 2.36. The third kappa shape index (κ3) is 2.90. The molecule has 2 aromatic heterocycles. The number of imidazole rings is 1. The number of thiophene rings is 1. The van der Waals surface area contributed by atoms with E-state index < -0.39 is 0 Å². The Morgan fingerprint density at radius 3 is 2.79 bits per heavy atom. The lowest BCUT2D eigenvalue weighted by molar-refractivity contribution is 0.0790. The summed E-state index contributed by atoms with van der Waals surface area (Å²) in [5, 5.41) is 0. The minimum Gasteiger partial charge on any atom is -0.338 e. The zero-order valence-electron chi connectivity index (χ0n) is 14.5. The third-order valence-corrected chi connectivity index (χ3v) is 6.51. The Morgan fingerprint density at radius 1 is 1.29 bits per heavy atom. The molecule has 128 valence electrons. The molecular weight excluding hydrogens is 318 g/mol. The lowest BCUT2D eigenvalue weighted by atomic mass is 9.84. The molecule has 1 atom stereocenters. The fraction of sp³-hybridized carbons (Fsp3) is 0.579. The quantitative estimate of drug-likeness (QED) is 0.842. The van der Waals surface area contributed by atoms with E-state index in [1.165, 1.54) is 35.7 Å². The predicted octanol–water partition coefficient (Wildman–Crippen LogP) is 3.99. The van der Waals surface area contributed by atoms with Gasteiger partial charge in [-0.3, -0.25) is 4.79 Å². The number of nitrogens with zero attached hydrogens (tertiary/aromatic N) is 3. The average molecular weight is 343 g/mol. The van der Waals surface area contributed by atoms with Crippen LogP contribution in [-0.4, -0.2) is 33.4 Å². The molecule has 2 aliphatic rings. The lowest BCUT2D eigenvalue weighted by Crippen LogP contribution is -2.29. The van der Waals surface area contributed by atoms with Crippen molar-refractivity contribution in [3.05, 3.63) is 39.6 Å². The van der Waals surface area contributed by atoms with Crippen molar-refractivity contribution in [3.63, 3.8) is 0 Å². The van der Waals surface area contributed by atoms with Gasteiger partial charge in [0.2, 0.25) is 0 Å². The maximum absolute atomic E-state index is 12.6. The van der Waals surface area contributed by atoms with Crippen LogP contribution >= 0.6 is 11.3 Å². The second kappa shape index (κ2) is 6.36. The minimum absolute atomic E-state index is 0.206. The van der Waals surface area contributed by atoms with Crippen LogP contribution in [-0.2, 0) is 6.54 Å². The number of hydrogen-bond donors (Lipinski definition) is 0.